The minimum absolute atomic E-state index is 0.902. The molecule has 0 radical (unpaired) electrons. The molecule has 62 valence electrons. The van der Waals surface area contributed by atoms with Crippen LogP contribution >= 0.6 is 0 Å². The molecule has 11 heavy (non-hydrogen) atoms. The van der Waals surface area contributed by atoms with Gasteiger partial charge in [-0.1, -0.05) is 24.9 Å². The molecule has 0 aliphatic rings. The zero-order valence-corrected chi connectivity index (χ0v) is 8.41. The summed E-state index contributed by atoms with van der Waals surface area (Å²) in [6, 6.07) is 1.27. The second kappa shape index (κ2) is 3.17. The van der Waals surface area contributed by atoms with Crippen molar-refractivity contribution < 1.29 is 0 Å². The summed E-state index contributed by atoms with van der Waals surface area (Å²) in [5, 5.41) is 7.66. The van der Waals surface area contributed by atoms with E-state index in [0.29, 0.717) is 0 Å². The number of aromatic nitrogens is 3. The Balaban J connectivity index is 2.35. The van der Waals surface area contributed by atoms with Crippen LogP contribution in [0, 0.1) is 0 Å². The number of aryl methyl sites for hydroxylation is 1. The molecule has 0 fully saturated rings. The monoisotopic (exact) mass is 169 g/mol. The molecule has 0 aromatic carbocycles. The Labute approximate surface area is 68.4 Å². The Morgan fingerprint density at radius 1 is 1.36 bits per heavy atom. The first-order chi connectivity index (χ1) is 5.08. The molecule has 0 aliphatic carbocycles. The molecule has 0 aliphatic heterocycles. The van der Waals surface area contributed by atoms with Crippen LogP contribution in [0.2, 0.25) is 25.7 Å². The summed E-state index contributed by atoms with van der Waals surface area (Å²) in [6.07, 6.45) is 3.64. The van der Waals surface area contributed by atoms with E-state index < -0.39 is 8.07 Å². The smallest absolute Gasteiger partial charge is 0.0692 e. The topological polar surface area (TPSA) is 30.7 Å². The third-order valence-electron chi connectivity index (χ3n) is 1.56. The lowest BCUT2D eigenvalue weighted by Crippen LogP contribution is -2.21. The van der Waals surface area contributed by atoms with Gasteiger partial charge in [0.1, 0.15) is 0 Å². The first kappa shape index (κ1) is 8.45. The van der Waals surface area contributed by atoms with Crippen LogP contribution in [0.1, 0.15) is 0 Å². The third-order valence-corrected chi connectivity index (χ3v) is 3.29. The quantitative estimate of drug-likeness (QED) is 0.644. The van der Waals surface area contributed by atoms with Crippen LogP contribution in [0.5, 0.6) is 0 Å². The molecule has 0 amide bonds. The van der Waals surface area contributed by atoms with E-state index in [4.69, 9.17) is 0 Å². The molecule has 1 aromatic rings. The molecule has 1 heterocycles. The molecule has 0 N–H and O–H groups in total. The summed E-state index contributed by atoms with van der Waals surface area (Å²) in [7, 11) is -0.902. The third kappa shape index (κ3) is 3.32. The maximum absolute atomic E-state index is 3.91. The van der Waals surface area contributed by atoms with Gasteiger partial charge in [-0.25, -0.2) is 0 Å². The van der Waals surface area contributed by atoms with Gasteiger partial charge < -0.3 is 0 Å². The van der Waals surface area contributed by atoms with E-state index in [-0.39, 0.29) is 0 Å². The minimum Gasteiger partial charge on any atom is -0.253 e. The van der Waals surface area contributed by atoms with Crippen LogP contribution < -0.4 is 0 Å². The second-order valence-corrected chi connectivity index (χ2v) is 9.60. The summed E-state index contributed by atoms with van der Waals surface area (Å²) in [6.45, 7) is 8.12. The Hall–Kier alpha value is -0.643. The van der Waals surface area contributed by atoms with Crippen molar-refractivity contribution in [2.24, 2.45) is 0 Å². The molecule has 1 aromatic heterocycles. The highest BCUT2D eigenvalue weighted by molar-refractivity contribution is 6.76. The van der Waals surface area contributed by atoms with E-state index in [1.54, 1.807) is 6.20 Å². The average Bonchev–Trinajstić information content (AvgIpc) is 2.32. The Morgan fingerprint density at radius 2 is 2.09 bits per heavy atom. The van der Waals surface area contributed by atoms with Gasteiger partial charge in [0, 0.05) is 20.8 Å². The number of nitrogens with zero attached hydrogens (tertiary/aromatic N) is 3. The molecule has 0 atom stereocenters. The number of rotatable bonds is 3. The van der Waals surface area contributed by atoms with E-state index in [0.717, 1.165) is 6.54 Å². The molecule has 1 rings (SSSR count). The number of hydrogen-bond donors (Lipinski definition) is 0. The summed E-state index contributed by atoms with van der Waals surface area (Å²) >= 11 is 0. The Morgan fingerprint density at radius 3 is 2.55 bits per heavy atom. The van der Waals surface area contributed by atoms with Gasteiger partial charge in [-0.2, -0.15) is 0 Å². The maximum atomic E-state index is 3.91. The largest absolute Gasteiger partial charge is 0.253 e. The molecule has 4 heteroatoms. The zero-order chi connectivity index (χ0) is 8.32. The van der Waals surface area contributed by atoms with Crippen LogP contribution in [-0.4, -0.2) is 23.1 Å². The summed E-state index contributed by atoms with van der Waals surface area (Å²) < 4.78 is 1.90. The maximum Gasteiger partial charge on any atom is 0.0692 e. The van der Waals surface area contributed by atoms with Gasteiger partial charge in [0.2, 0.25) is 0 Å². The molecular weight excluding hydrogens is 154 g/mol. The van der Waals surface area contributed by atoms with Crippen molar-refractivity contribution in [1.29, 1.82) is 0 Å². The molecule has 0 unspecified atom stereocenters. The van der Waals surface area contributed by atoms with E-state index in [1.165, 1.54) is 6.04 Å². The summed E-state index contributed by atoms with van der Waals surface area (Å²) in [5.74, 6) is 0. The predicted octanol–water partition coefficient (Wildman–Crippen LogP) is 1.62. The van der Waals surface area contributed by atoms with Crippen LogP contribution in [0.15, 0.2) is 12.4 Å². The first-order valence-corrected chi connectivity index (χ1v) is 7.63. The van der Waals surface area contributed by atoms with Gasteiger partial charge in [0.15, 0.2) is 0 Å². The van der Waals surface area contributed by atoms with Gasteiger partial charge in [0.25, 0.3) is 0 Å². The second-order valence-electron chi connectivity index (χ2n) is 3.98. The Kier molecular flexibility index (Phi) is 2.44. The van der Waals surface area contributed by atoms with Gasteiger partial charge in [-0.3, -0.25) is 4.68 Å². The highest BCUT2D eigenvalue weighted by atomic mass is 28.3. The molecule has 0 spiro atoms. The van der Waals surface area contributed by atoms with Crippen molar-refractivity contribution >= 4 is 8.07 Å². The van der Waals surface area contributed by atoms with E-state index in [1.807, 2.05) is 10.9 Å². The highest BCUT2D eigenvalue weighted by Crippen LogP contribution is 2.08. The van der Waals surface area contributed by atoms with Crippen molar-refractivity contribution in [3.63, 3.8) is 0 Å². The van der Waals surface area contributed by atoms with Crippen LogP contribution in [0.3, 0.4) is 0 Å². The van der Waals surface area contributed by atoms with Crippen molar-refractivity contribution in [2.75, 3.05) is 0 Å². The predicted molar refractivity (Wildman–Crippen MR) is 48.2 cm³/mol. The standard InChI is InChI=1S/C7H15N3Si/c1-11(2,3)7-6-10-5-4-8-9-10/h4-5H,6-7H2,1-3H3. The lowest BCUT2D eigenvalue weighted by Gasteiger charge is -2.14. The molecule has 0 saturated heterocycles. The SMILES string of the molecule is C[Si](C)(C)CCn1ccnn1. The fraction of sp³-hybridized carbons (Fsp3) is 0.714. The van der Waals surface area contributed by atoms with Gasteiger partial charge >= 0.3 is 0 Å². The van der Waals surface area contributed by atoms with E-state index >= 15 is 0 Å². The molecule has 3 nitrogen and oxygen atoms in total. The molecule has 0 saturated carbocycles. The van der Waals surface area contributed by atoms with Crippen molar-refractivity contribution in [1.82, 2.24) is 15.0 Å². The normalized spacial score (nSPS) is 11.9. The first-order valence-electron chi connectivity index (χ1n) is 3.92. The van der Waals surface area contributed by atoms with Gasteiger partial charge in [-0.05, 0) is 6.04 Å². The van der Waals surface area contributed by atoms with Crippen molar-refractivity contribution in [2.45, 2.75) is 32.2 Å². The van der Waals surface area contributed by atoms with E-state index in [2.05, 4.69) is 30.0 Å². The fourth-order valence-electron chi connectivity index (χ4n) is 0.802. The van der Waals surface area contributed by atoms with Gasteiger partial charge in [-0.15, -0.1) is 5.10 Å². The Bertz CT molecular complexity index is 200. The minimum atomic E-state index is -0.902. The van der Waals surface area contributed by atoms with Crippen LogP contribution in [0.25, 0.3) is 0 Å². The van der Waals surface area contributed by atoms with Crippen molar-refractivity contribution in [3.8, 4) is 0 Å². The zero-order valence-electron chi connectivity index (χ0n) is 7.41. The molecular formula is C7H15N3Si. The van der Waals surface area contributed by atoms with Crippen LogP contribution in [-0.2, 0) is 6.54 Å². The lowest BCUT2D eigenvalue weighted by molar-refractivity contribution is 0.621. The fourth-order valence-corrected chi connectivity index (χ4v) is 1.70. The average molecular weight is 169 g/mol. The van der Waals surface area contributed by atoms with Crippen LogP contribution in [0.4, 0.5) is 0 Å². The molecule has 0 bridgehead atoms. The summed E-state index contributed by atoms with van der Waals surface area (Å²) in [4.78, 5) is 0. The highest BCUT2D eigenvalue weighted by Gasteiger charge is 2.12. The van der Waals surface area contributed by atoms with Gasteiger partial charge in [0.05, 0.1) is 6.20 Å². The van der Waals surface area contributed by atoms with E-state index in [9.17, 15) is 0 Å². The number of hydrogen-bond acceptors (Lipinski definition) is 2. The van der Waals surface area contributed by atoms with Crippen molar-refractivity contribution in [3.05, 3.63) is 12.4 Å². The lowest BCUT2D eigenvalue weighted by atomic mass is 10.7. The summed E-state index contributed by atoms with van der Waals surface area (Å²) in [5.41, 5.74) is 0.